The molecular formula is C11H15NS2. The predicted octanol–water partition coefficient (Wildman–Crippen LogP) is 3.33. The molecule has 0 amide bonds. The van der Waals surface area contributed by atoms with Crippen LogP contribution in [0.5, 0.6) is 0 Å². The van der Waals surface area contributed by atoms with Gasteiger partial charge in [-0.15, -0.1) is 11.8 Å². The molecule has 76 valence electrons. The second kappa shape index (κ2) is 4.99. The molecule has 1 saturated heterocycles. The van der Waals surface area contributed by atoms with Crippen molar-refractivity contribution in [2.24, 2.45) is 0 Å². The summed E-state index contributed by atoms with van der Waals surface area (Å²) in [6.07, 6.45) is 3.42. The van der Waals surface area contributed by atoms with E-state index in [1.807, 2.05) is 11.8 Å². The topological polar surface area (TPSA) is 12.0 Å². The molecule has 0 radical (unpaired) electrons. The van der Waals surface area contributed by atoms with Gasteiger partial charge in [0.1, 0.15) is 0 Å². The number of thioether (sulfide) groups is 2. The number of benzene rings is 1. The van der Waals surface area contributed by atoms with Crippen LogP contribution in [0, 0.1) is 0 Å². The van der Waals surface area contributed by atoms with Crippen molar-refractivity contribution < 1.29 is 0 Å². The van der Waals surface area contributed by atoms with E-state index in [-0.39, 0.29) is 0 Å². The van der Waals surface area contributed by atoms with Crippen LogP contribution >= 0.6 is 23.5 Å². The number of hydrogen-bond acceptors (Lipinski definition) is 3. The summed E-state index contributed by atoms with van der Waals surface area (Å²) in [5, 5.41) is 3.58. The molecule has 1 atom stereocenters. The van der Waals surface area contributed by atoms with Crippen LogP contribution in [0.3, 0.4) is 0 Å². The molecule has 2 rings (SSSR count). The zero-order valence-electron chi connectivity index (χ0n) is 8.32. The van der Waals surface area contributed by atoms with E-state index in [9.17, 15) is 0 Å². The highest BCUT2D eigenvalue weighted by atomic mass is 32.2. The van der Waals surface area contributed by atoms with Gasteiger partial charge in [-0.1, -0.05) is 6.07 Å². The summed E-state index contributed by atoms with van der Waals surface area (Å²) < 4.78 is 0. The first-order valence-electron chi connectivity index (χ1n) is 4.87. The van der Waals surface area contributed by atoms with Gasteiger partial charge in [0, 0.05) is 22.4 Å². The smallest absolute Gasteiger partial charge is 0.0359 e. The average Bonchev–Trinajstić information content (AvgIpc) is 2.71. The molecular weight excluding hydrogens is 210 g/mol. The Labute approximate surface area is 94.0 Å². The summed E-state index contributed by atoms with van der Waals surface area (Å²) in [5.41, 5.74) is 1.27. The van der Waals surface area contributed by atoms with Crippen LogP contribution in [-0.4, -0.2) is 23.8 Å². The summed E-state index contributed by atoms with van der Waals surface area (Å²) in [5.74, 6) is 2.56. The zero-order valence-corrected chi connectivity index (χ0v) is 9.96. The lowest BCUT2D eigenvalue weighted by molar-refractivity contribution is 0.812. The van der Waals surface area contributed by atoms with Crippen LogP contribution in [0.15, 0.2) is 29.2 Å². The quantitative estimate of drug-likeness (QED) is 0.793. The summed E-state index contributed by atoms with van der Waals surface area (Å²) in [4.78, 5) is 1.33. The van der Waals surface area contributed by atoms with Crippen LogP contribution in [0.2, 0.25) is 0 Å². The van der Waals surface area contributed by atoms with Gasteiger partial charge in [-0.3, -0.25) is 0 Å². The standard InChI is InChI=1S/C11H15NS2/c1-13-11-4-2-3-9(7-11)12-10-5-6-14-8-10/h2-4,7,10,12H,5-6,8H2,1H3/t10-/m1/s1. The molecule has 0 spiro atoms. The first-order valence-corrected chi connectivity index (χ1v) is 7.25. The summed E-state index contributed by atoms with van der Waals surface area (Å²) in [7, 11) is 0. The van der Waals surface area contributed by atoms with E-state index in [0.717, 1.165) is 0 Å². The van der Waals surface area contributed by atoms with Crippen molar-refractivity contribution in [1.29, 1.82) is 0 Å². The molecule has 14 heavy (non-hydrogen) atoms. The molecule has 1 fully saturated rings. The summed E-state index contributed by atoms with van der Waals surface area (Å²) >= 11 is 3.84. The van der Waals surface area contributed by atoms with Gasteiger partial charge in [0.2, 0.25) is 0 Å². The molecule has 0 aromatic heterocycles. The van der Waals surface area contributed by atoms with Gasteiger partial charge in [-0.05, 0) is 36.6 Å². The Balaban J connectivity index is 2.00. The van der Waals surface area contributed by atoms with Crippen LogP contribution in [-0.2, 0) is 0 Å². The fourth-order valence-electron chi connectivity index (χ4n) is 1.60. The van der Waals surface area contributed by atoms with Crippen molar-refractivity contribution in [3.63, 3.8) is 0 Å². The van der Waals surface area contributed by atoms with E-state index in [0.29, 0.717) is 6.04 Å². The Kier molecular flexibility index (Phi) is 3.65. The van der Waals surface area contributed by atoms with Crippen molar-refractivity contribution in [2.45, 2.75) is 17.4 Å². The first kappa shape index (κ1) is 10.2. The molecule has 0 aliphatic carbocycles. The average molecular weight is 225 g/mol. The van der Waals surface area contributed by atoms with Gasteiger partial charge in [0.15, 0.2) is 0 Å². The molecule has 1 heterocycles. The molecule has 0 saturated carbocycles. The molecule has 1 aliphatic rings. The minimum atomic E-state index is 0.678. The van der Waals surface area contributed by atoms with E-state index in [1.54, 1.807) is 11.8 Å². The maximum absolute atomic E-state index is 3.58. The second-order valence-corrected chi connectivity index (χ2v) is 5.47. The third-order valence-corrected chi connectivity index (χ3v) is 4.26. The predicted molar refractivity (Wildman–Crippen MR) is 67.6 cm³/mol. The van der Waals surface area contributed by atoms with Gasteiger partial charge in [-0.2, -0.15) is 11.8 Å². The Morgan fingerprint density at radius 2 is 2.43 bits per heavy atom. The number of rotatable bonds is 3. The van der Waals surface area contributed by atoms with E-state index in [1.165, 1.54) is 28.5 Å². The van der Waals surface area contributed by atoms with Gasteiger partial charge in [0.25, 0.3) is 0 Å². The van der Waals surface area contributed by atoms with Gasteiger partial charge in [0.05, 0.1) is 0 Å². The number of hydrogen-bond donors (Lipinski definition) is 1. The molecule has 1 nitrogen and oxygen atoms in total. The third-order valence-electron chi connectivity index (χ3n) is 2.37. The summed E-state index contributed by atoms with van der Waals surface area (Å²) in [6, 6.07) is 9.34. The summed E-state index contributed by atoms with van der Waals surface area (Å²) in [6.45, 7) is 0. The number of nitrogens with one attached hydrogen (secondary N) is 1. The maximum Gasteiger partial charge on any atom is 0.0359 e. The minimum absolute atomic E-state index is 0.678. The molecule has 1 N–H and O–H groups in total. The Bertz CT molecular complexity index is 295. The molecule has 1 aliphatic heterocycles. The van der Waals surface area contributed by atoms with E-state index >= 15 is 0 Å². The Hall–Kier alpha value is -0.280. The van der Waals surface area contributed by atoms with Gasteiger partial charge in [-0.25, -0.2) is 0 Å². The van der Waals surface area contributed by atoms with E-state index in [2.05, 4.69) is 35.8 Å². The van der Waals surface area contributed by atoms with Gasteiger partial charge >= 0.3 is 0 Å². The lowest BCUT2D eigenvalue weighted by Gasteiger charge is -2.13. The normalized spacial score (nSPS) is 21.1. The van der Waals surface area contributed by atoms with Crippen molar-refractivity contribution >= 4 is 29.2 Å². The minimum Gasteiger partial charge on any atom is -0.381 e. The lowest BCUT2D eigenvalue weighted by atomic mass is 10.2. The Morgan fingerprint density at radius 3 is 3.14 bits per heavy atom. The van der Waals surface area contributed by atoms with Crippen LogP contribution in [0.1, 0.15) is 6.42 Å². The van der Waals surface area contributed by atoms with Crippen molar-refractivity contribution in [1.82, 2.24) is 0 Å². The molecule has 0 bridgehead atoms. The lowest BCUT2D eigenvalue weighted by Crippen LogP contribution is -2.17. The molecule has 0 unspecified atom stereocenters. The zero-order chi connectivity index (χ0) is 9.80. The molecule has 3 heteroatoms. The fraction of sp³-hybridized carbons (Fsp3) is 0.455. The second-order valence-electron chi connectivity index (χ2n) is 3.44. The van der Waals surface area contributed by atoms with Crippen LogP contribution < -0.4 is 5.32 Å². The largest absolute Gasteiger partial charge is 0.381 e. The molecule has 1 aromatic rings. The number of anilines is 1. The van der Waals surface area contributed by atoms with Crippen LogP contribution in [0.25, 0.3) is 0 Å². The van der Waals surface area contributed by atoms with Crippen molar-refractivity contribution in [3.8, 4) is 0 Å². The van der Waals surface area contributed by atoms with E-state index in [4.69, 9.17) is 0 Å². The highest BCUT2D eigenvalue weighted by molar-refractivity contribution is 7.99. The fourth-order valence-corrected chi connectivity index (χ4v) is 3.21. The van der Waals surface area contributed by atoms with Crippen LogP contribution in [0.4, 0.5) is 5.69 Å². The van der Waals surface area contributed by atoms with Gasteiger partial charge < -0.3 is 5.32 Å². The highest BCUT2D eigenvalue weighted by Gasteiger charge is 2.14. The molecule has 1 aromatic carbocycles. The monoisotopic (exact) mass is 225 g/mol. The third kappa shape index (κ3) is 2.61. The van der Waals surface area contributed by atoms with E-state index < -0.39 is 0 Å². The van der Waals surface area contributed by atoms with Crippen molar-refractivity contribution in [3.05, 3.63) is 24.3 Å². The first-order chi connectivity index (χ1) is 6.88. The van der Waals surface area contributed by atoms with Crippen molar-refractivity contribution in [2.75, 3.05) is 23.1 Å². The Morgan fingerprint density at radius 1 is 1.50 bits per heavy atom. The SMILES string of the molecule is CSc1cccc(N[C@@H]2CCSC2)c1. The maximum atomic E-state index is 3.58. The highest BCUT2D eigenvalue weighted by Crippen LogP contribution is 2.24.